The van der Waals surface area contributed by atoms with Crippen LogP contribution in [-0.4, -0.2) is 34.7 Å². The Hall–Kier alpha value is -2.75. The maximum absolute atomic E-state index is 5.61. The monoisotopic (exact) mass is 341 g/mol. The molecule has 24 heavy (non-hydrogen) atoms. The first-order valence-corrected chi connectivity index (χ1v) is 8.43. The van der Waals surface area contributed by atoms with Crippen molar-refractivity contribution in [1.29, 1.82) is 0 Å². The minimum Gasteiger partial charge on any atom is -0.368 e. The lowest BCUT2D eigenvalue weighted by Crippen LogP contribution is -2.06. The average molecular weight is 341 g/mol. The molecule has 3 heterocycles. The van der Waals surface area contributed by atoms with Crippen LogP contribution in [0.4, 0.5) is 11.9 Å². The lowest BCUT2D eigenvalue weighted by atomic mass is 10.3. The summed E-state index contributed by atoms with van der Waals surface area (Å²) in [7, 11) is 0. The van der Waals surface area contributed by atoms with E-state index in [1.165, 1.54) is 11.8 Å². The first kappa shape index (κ1) is 14.8. The molecule has 4 rings (SSSR count). The van der Waals surface area contributed by atoms with Gasteiger partial charge < -0.3 is 11.5 Å². The standard InChI is InChI=1S/C14H15N9S/c15-12-18-10(19-13(16)20-12)7-24-14-22-21-11(23(14)9-3-4-9)8-2-1-5-17-6-8/h1-2,5-6,9H,3-4,7H2,(H4,15,16,18,19,20). The van der Waals surface area contributed by atoms with Crippen molar-refractivity contribution in [2.24, 2.45) is 0 Å². The first-order valence-electron chi connectivity index (χ1n) is 7.44. The fourth-order valence-electron chi connectivity index (χ4n) is 2.38. The van der Waals surface area contributed by atoms with Crippen molar-refractivity contribution < 1.29 is 0 Å². The zero-order valence-corrected chi connectivity index (χ0v) is 13.5. The van der Waals surface area contributed by atoms with Gasteiger partial charge >= 0.3 is 0 Å². The summed E-state index contributed by atoms with van der Waals surface area (Å²) >= 11 is 1.51. The molecular formula is C14H15N9S. The number of aromatic nitrogens is 7. The van der Waals surface area contributed by atoms with Gasteiger partial charge in [-0.2, -0.15) is 15.0 Å². The van der Waals surface area contributed by atoms with Gasteiger partial charge in [-0.3, -0.25) is 9.55 Å². The summed E-state index contributed by atoms with van der Waals surface area (Å²) in [6, 6.07) is 4.31. The molecule has 3 aromatic heterocycles. The van der Waals surface area contributed by atoms with Crippen molar-refractivity contribution in [3.63, 3.8) is 0 Å². The average Bonchev–Trinajstić information content (AvgIpc) is 3.32. The van der Waals surface area contributed by atoms with E-state index in [9.17, 15) is 0 Å². The minimum absolute atomic E-state index is 0.123. The molecule has 4 N–H and O–H groups in total. The van der Waals surface area contributed by atoms with Gasteiger partial charge in [-0.25, -0.2) is 0 Å². The van der Waals surface area contributed by atoms with Gasteiger partial charge in [-0.15, -0.1) is 10.2 Å². The largest absolute Gasteiger partial charge is 0.368 e. The number of nitrogens with two attached hydrogens (primary N) is 2. The molecule has 1 fully saturated rings. The van der Waals surface area contributed by atoms with Crippen LogP contribution in [0.2, 0.25) is 0 Å². The number of rotatable bonds is 5. The van der Waals surface area contributed by atoms with Gasteiger partial charge in [0.15, 0.2) is 11.0 Å². The summed E-state index contributed by atoms with van der Waals surface area (Å²) in [5.41, 5.74) is 12.2. The summed E-state index contributed by atoms with van der Waals surface area (Å²) in [6.07, 6.45) is 5.80. The Labute approximate surface area is 142 Å². The second kappa shape index (κ2) is 6.04. The maximum Gasteiger partial charge on any atom is 0.225 e. The highest BCUT2D eigenvalue weighted by Gasteiger charge is 2.30. The Morgan fingerprint density at radius 1 is 1.12 bits per heavy atom. The molecule has 10 heteroatoms. The molecule has 1 saturated carbocycles. The third-order valence-electron chi connectivity index (χ3n) is 3.54. The van der Waals surface area contributed by atoms with Crippen molar-refractivity contribution in [1.82, 2.24) is 34.7 Å². The van der Waals surface area contributed by atoms with E-state index in [1.807, 2.05) is 12.1 Å². The molecule has 0 aromatic carbocycles. The van der Waals surface area contributed by atoms with E-state index < -0.39 is 0 Å². The molecule has 0 amide bonds. The summed E-state index contributed by atoms with van der Waals surface area (Å²) in [5.74, 6) is 2.10. The molecule has 1 aliphatic carbocycles. The van der Waals surface area contributed by atoms with Crippen LogP contribution < -0.4 is 11.5 Å². The van der Waals surface area contributed by atoms with Crippen LogP contribution in [0.15, 0.2) is 29.7 Å². The molecule has 9 nitrogen and oxygen atoms in total. The summed E-state index contributed by atoms with van der Waals surface area (Å²) in [5, 5.41) is 9.50. The SMILES string of the molecule is Nc1nc(N)nc(CSc2nnc(-c3cccnc3)n2C2CC2)n1. The van der Waals surface area contributed by atoms with Crippen molar-refractivity contribution in [2.75, 3.05) is 11.5 Å². The zero-order chi connectivity index (χ0) is 16.5. The number of thioether (sulfide) groups is 1. The highest BCUT2D eigenvalue weighted by Crippen LogP contribution is 2.41. The molecule has 0 aliphatic heterocycles. The van der Waals surface area contributed by atoms with Crippen molar-refractivity contribution >= 4 is 23.7 Å². The van der Waals surface area contributed by atoms with E-state index in [1.54, 1.807) is 12.4 Å². The quantitative estimate of drug-likeness (QED) is 0.658. The third-order valence-corrected chi connectivity index (χ3v) is 4.48. The molecule has 0 radical (unpaired) electrons. The number of hydrogen-bond acceptors (Lipinski definition) is 9. The van der Waals surface area contributed by atoms with Gasteiger partial charge in [-0.05, 0) is 25.0 Å². The Morgan fingerprint density at radius 3 is 2.58 bits per heavy atom. The van der Waals surface area contributed by atoms with Gasteiger partial charge in [0.25, 0.3) is 0 Å². The number of nitrogens with zero attached hydrogens (tertiary/aromatic N) is 7. The highest BCUT2D eigenvalue weighted by atomic mass is 32.2. The second-order valence-corrected chi connectivity index (χ2v) is 6.35. The van der Waals surface area contributed by atoms with Crippen LogP contribution in [0.25, 0.3) is 11.4 Å². The van der Waals surface area contributed by atoms with E-state index in [0.717, 1.165) is 29.4 Å². The van der Waals surface area contributed by atoms with Gasteiger partial charge in [0.2, 0.25) is 11.9 Å². The van der Waals surface area contributed by atoms with Crippen LogP contribution >= 0.6 is 11.8 Å². The van der Waals surface area contributed by atoms with Crippen molar-refractivity contribution in [3.8, 4) is 11.4 Å². The van der Waals surface area contributed by atoms with Gasteiger partial charge in [0, 0.05) is 24.0 Å². The Balaban J connectivity index is 1.61. The third kappa shape index (κ3) is 3.00. The molecular weight excluding hydrogens is 326 g/mol. The van der Waals surface area contributed by atoms with Crippen molar-refractivity contribution in [2.45, 2.75) is 29.8 Å². The topological polar surface area (TPSA) is 134 Å². The molecule has 1 aliphatic rings. The van der Waals surface area contributed by atoms with Crippen LogP contribution in [0.3, 0.4) is 0 Å². The summed E-state index contributed by atoms with van der Waals surface area (Å²) < 4.78 is 2.16. The number of pyridine rings is 1. The number of anilines is 2. The smallest absolute Gasteiger partial charge is 0.225 e. The zero-order valence-electron chi connectivity index (χ0n) is 12.7. The van der Waals surface area contributed by atoms with Gasteiger partial charge in [-0.1, -0.05) is 11.8 Å². The highest BCUT2D eigenvalue weighted by molar-refractivity contribution is 7.98. The summed E-state index contributed by atoms with van der Waals surface area (Å²) in [4.78, 5) is 16.1. The molecule has 122 valence electrons. The van der Waals surface area contributed by atoms with Gasteiger partial charge in [0.05, 0.1) is 5.75 Å². The molecule has 0 spiro atoms. The number of hydrogen-bond donors (Lipinski definition) is 2. The fourth-order valence-corrected chi connectivity index (χ4v) is 3.24. The minimum atomic E-state index is 0.123. The Morgan fingerprint density at radius 2 is 1.92 bits per heavy atom. The van der Waals surface area contributed by atoms with Crippen LogP contribution in [0, 0.1) is 0 Å². The fraction of sp³-hybridized carbons (Fsp3) is 0.286. The molecule has 0 bridgehead atoms. The maximum atomic E-state index is 5.61. The predicted molar refractivity (Wildman–Crippen MR) is 89.7 cm³/mol. The van der Waals surface area contributed by atoms with E-state index in [-0.39, 0.29) is 11.9 Å². The van der Waals surface area contributed by atoms with Gasteiger partial charge in [0.1, 0.15) is 5.82 Å². The normalized spacial score (nSPS) is 14.0. The predicted octanol–water partition coefficient (Wildman–Crippen LogP) is 1.32. The lowest BCUT2D eigenvalue weighted by molar-refractivity contribution is 0.669. The molecule has 3 aromatic rings. The van der Waals surface area contributed by atoms with E-state index >= 15 is 0 Å². The first-order chi connectivity index (χ1) is 11.7. The Bertz CT molecular complexity index is 840. The molecule has 0 atom stereocenters. The van der Waals surface area contributed by atoms with E-state index in [4.69, 9.17) is 11.5 Å². The van der Waals surface area contributed by atoms with Crippen LogP contribution in [-0.2, 0) is 5.75 Å². The van der Waals surface area contributed by atoms with E-state index in [2.05, 4.69) is 34.7 Å². The Kier molecular flexibility index (Phi) is 3.73. The van der Waals surface area contributed by atoms with Crippen LogP contribution in [0.5, 0.6) is 0 Å². The molecule has 0 unspecified atom stereocenters. The van der Waals surface area contributed by atoms with E-state index in [0.29, 0.717) is 17.6 Å². The summed E-state index contributed by atoms with van der Waals surface area (Å²) in [6.45, 7) is 0. The molecule has 0 saturated heterocycles. The lowest BCUT2D eigenvalue weighted by Gasteiger charge is -2.08. The second-order valence-electron chi connectivity index (χ2n) is 5.41. The van der Waals surface area contributed by atoms with Crippen molar-refractivity contribution in [3.05, 3.63) is 30.4 Å². The van der Waals surface area contributed by atoms with Crippen LogP contribution in [0.1, 0.15) is 24.7 Å². The number of nitrogen functional groups attached to an aromatic ring is 2.